The molecule has 0 saturated heterocycles. The van der Waals surface area contributed by atoms with E-state index in [1.807, 2.05) is 0 Å². The molecule has 114 valence electrons. The average Bonchev–Trinajstić information content (AvgIpc) is 2.66. The van der Waals surface area contributed by atoms with E-state index in [1.165, 1.54) is 20.1 Å². The van der Waals surface area contributed by atoms with Gasteiger partial charge in [0.25, 0.3) is 0 Å². The van der Waals surface area contributed by atoms with Crippen molar-refractivity contribution in [3.8, 4) is 11.5 Å². The Morgan fingerprint density at radius 2 is 2.10 bits per heavy atom. The minimum atomic E-state index is -1.17. The van der Waals surface area contributed by atoms with Crippen molar-refractivity contribution in [1.82, 2.24) is 0 Å². The molecule has 1 aliphatic rings. The Labute approximate surface area is 122 Å². The van der Waals surface area contributed by atoms with Crippen LogP contribution < -0.4 is 4.74 Å². The summed E-state index contributed by atoms with van der Waals surface area (Å²) in [6.45, 7) is 6.33. The van der Waals surface area contributed by atoms with Crippen LogP contribution in [-0.4, -0.2) is 30.3 Å². The van der Waals surface area contributed by atoms with Crippen molar-refractivity contribution in [2.75, 3.05) is 7.11 Å². The van der Waals surface area contributed by atoms with Crippen LogP contribution in [-0.2, 0) is 19.9 Å². The Balaban J connectivity index is 2.66. The molecular weight excluding hydrogens is 276 g/mol. The highest BCUT2D eigenvalue weighted by Crippen LogP contribution is 2.47. The van der Waals surface area contributed by atoms with Gasteiger partial charge in [0.1, 0.15) is 23.2 Å². The summed E-state index contributed by atoms with van der Waals surface area (Å²) >= 11 is 0. The molecule has 1 aliphatic heterocycles. The summed E-state index contributed by atoms with van der Waals surface area (Å²) in [7, 11) is 1.47. The van der Waals surface area contributed by atoms with Gasteiger partial charge in [0.15, 0.2) is 5.60 Å². The zero-order valence-electron chi connectivity index (χ0n) is 12.6. The molecule has 0 aliphatic carbocycles. The number of phenols is 1. The standard InChI is InChI=1S/C15H18O6/c1-7-11(19-5)6-10(17)12-13(7)15(4,21-14(12)18)8(2)20-9(3)16/h6,8,17H,1-5H3/t8-,15-/m0/s1. The van der Waals surface area contributed by atoms with Gasteiger partial charge < -0.3 is 19.3 Å². The highest BCUT2D eigenvalue weighted by Gasteiger charge is 2.50. The highest BCUT2D eigenvalue weighted by molar-refractivity contribution is 5.98. The fourth-order valence-corrected chi connectivity index (χ4v) is 2.72. The Morgan fingerprint density at radius 3 is 2.62 bits per heavy atom. The summed E-state index contributed by atoms with van der Waals surface area (Å²) in [5.41, 5.74) is 0.0688. The number of benzene rings is 1. The van der Waals surface area contributed by atoms with Crippen molar-refractivity contribution in [2.24, 2.45) is 0 Å². The van der Waals surface area contributed by atoms with E-state index in [-0.39, 0.29) is 11.3 Å². The fourth-order valence-electron chi connectivity index (χ4n) is 2.72. The van der Waals surface area contributed by atoms with E-state index < -0.39 is 23.6 Å². The van der Waals surface area contributed by atoms with Crippen LogP contribution in [0.25, 0.3) is 0 Å². The molecule has 0 radical (unpaired) electrons. The quantitative estimate of drug-likeness (QED) is 0.859. The molecule has 21 heavy (non-hydrogen) atoms. The van der Waals surface area contributed by atoms with Crippen LogP contribution in [0.1, 0.15) is 42.3 Å². The average molecular weight is 294 g/mol. The zero-order chi connectivity index (χ0) is 15.9. The zero-order valence-corrected chi connectivity index (χ0v) is 12.6. The van der Waals surface area contributed by atoms with E-state index in [9.17, 15) is 14.7 Å². The molecule has 0 spiro atoms. The lowest BCUT2D eigenvalue weighted by Crippen LogP contribution is -2.38. The van der Waals surface area contributed by atoms with E-state index in [1.54, 1.807) is 20.8 Å². The lowest BCUT2D eigenvalue weighted by molar-refractivity contribution is -0.159. The molecule has 1 heterocycles. The number of cyclic esters (lactones) is 1. The highest BCUT2D eigenvalue weighted by atomic mass is 16.6. The summed E-state index contributed by atoms with van der Waals surface area (Å²) in [4.78, 5) is 23.3. The molecule has 0 fully saturated rings. The van der Waals surface area contributed by atoms with Crippen molar-refractivity contribution < 1.29 is 28.9 Å². The third kappa shape index (κ3) is 2.20. The molecule has 0 amide bonds. The summed E-state index contributed by atoms with van der Waals surface area (Å²) < 4.78 is 15.8. The molecule has 6 nitrogen and oxygen atoms in total. The van der Waals surface area contributed by atoms with Gasteiger partial charge in [-0.3, -0.25) is 4.79 Å². The first kappa shape index (κ1) is 15.2. The van der Waals surface area contributed by atoms with E-state index in [2.05, 4.69) is 0 Å². The number of ether oxygens (including phenoxy) is 3. The van der Waals surface area contributed by atoms with Gasteiger partial charge in [-0.1, -0.05) is 0 Å². The van der Waals surface area contributed by atoms with Crippen molar-refractivity contribution in [1.29, 1.82) is 0 Å². The second kappa shape index (κ2) is 4.95. The van der Waals surface area contributed by atoms with E-state index >= 15 is 0 Å². The van der Waals surface area contributed by atoms with Gasteiger partial charge in [0, 0.05) is 18.6 Å². The fraction of sp³-hybridized carbons (Fsp3) is 0.467. The van der Waals surface area contributed by atoms with Crippen LogP contribution in [0.5, 0.6) is 11.5 Å². The first-order valence-corrected chi connectivity index (χ1v) is 6.54. The molecule has 2 rings (SSSR count). The molecule has 0 aromatic heterocycles. The first-order valence-electron chi connectivity index (χ1n) is 6.54. The van der Waals surface area contributed by atoms with Gasteiger partial charge in [-0.05, 0) is 26.3 Å². The van der Waals surface area contributed by atoms with Gasteiger partial charge in [-0.2, -0.15) is 0 Å². The van der Waals surface area contributed by atoms with Crippen molar-refractivity contribution in [3.63, 3.8) is 0 Å². The SMILES string of the molecule is COc1cc(O)c2c(c1C)[C@](C)([C@H](C)OC(C)=O)OC2=O. The number of fused-ring (bicyclic) bond motifs is 1. The maximum absolute atomic E-state index is 12.1. The number of esters is 2. The topological polar surface area (TPSA) is 82.1 Å². The molecule has 0 saturated carbocycles. The Morgan fingerprint density at radius 1 is 1.48 bits per heavy atom. The summed E-state index contributed by atoms with van der Waals surface area (Å²) in [5, 5.41) is 10.0. The molecule has 1 aromatic carbocycles. The van der Waals surface area contributed by atoms with E-state index in [4.69, 9.17) is 14.2 Å². The predicted octanol–water partition coefficient (Wildman–Crippen LogP) is 2.05. The number of hydrogen-bond acceptors (Lipinski definition) is 6. The third-order valence-electron chi connectivity index (χ3n) is 3.86. The predicted molar refractivity (Wildman–Crippen MR) is 73.4 cm³/mol. The number of hydrogen-bond donors (Lipinski definition) is 1. The molecule has 2 atom stereocenters. The molecular formula is C15H18O6. The lowest BCUT2D eigenvalue weighted by atomic mass is 9.85. The van der Waals surface area contributed by atoms with Crippen LogP contribution >= 0.6 is 0 Å². The van der Waals surface area contributed by atoms with Gasteiger partial charge in [0.2, 0.25) is 0 Å². The van der Waals surface area contributed by atoms with Gasteiger partial charge in [0.05, 0.1) is 7.11 Å². The molecule has 0 bridgehead atoms. The molecule has 6 heteroatoms. The van der Waals surface area contributed by atoms with Crippen LogP contribution in [0, 0.1) is 6.92 Å². The second-order valence-electron chi connectivity index (χ2n) is 5.22. The minimum Gasteiger partial charge on any atom is -0.507 e. The van der Waals surface area contributed by atoms with Gasteiger partial charge >= 0.3 is 11.9 Å². The van der Waals surface area contributed by atoms with Gasteiger partial charge in [-0.25, -0.2) is 4.79 Å². The Bertz CT molecular complexity index is 621. The Hall–Kier alpha value is -2.24. The largest absolute Gasteiger partial charge is 0.507 e. The lowest BCUT2D eigenvalue weighted by Gasteiger charge is -2.31. The summed E-state index contributed by atoms with van der Waals surface area (Å²) in [6.07, 6.45) is -0.703. The molecule has 1 aromatic rings. The number of aromatic hydroxyl groups is 1. The van der Waals surface area contributed by atoms with Crippen molar-refractivity contribution in [2.45, 2.75) is 39.4 Å². The van der Waals surface area contributed by atoms with Crippen molar-refractivity contribution in [3.05, 3.63) is 22.8 Å². The number of carbonyl (C=O) groups is 2. The van der Waals surface area contributed by atoms with E-state index in [0.29, 0.717) is 16.9 Å². The third-order valence-corrected chi connectivity index (χ3v) is 3.86. The monoisotopic (exact) mass is 294 g/mol. The van der Waals surface area contributed by atoms with Crippen LogP contribution in [0.4, 0.5) is 0 Å². The second-order valence-corrected chi connectivity index (χ2v) is 5.22. The maximum Gasteiger partial charge on any atom is 0.343 e. The summed E-state index contributed by atoms with van der Waals surface area (Å²) in [5.74, 6) is -0.894. The van der Waals surface area contributed by atoms with E-state index in [0.717, 1.165) is 0 Å². The smallest absolute Gasteiger partial charge is 0.343 e. The minimum absolute atomic E-state index is 0.0924. The number of phenolic OH excluding ortho intramolecular Hbond substituents is 1. The number of carbonyl (C=O) groups excluding carboxylic acids is 2. The van der Waals surface area contributed by atoms with Crippen LogP contribution in [0.15, 0.2) is 6.07 Å². The maximum atomic E-state index is 12.1. The number of rotatable bonds is 3. The van der Waals surface area contributed by atoms with Crippen LogP contribution in [0.3, 0.4) is 0 Å². The van der Waals surface area contributed by atoms with Crippen molar-refractivity contribution >= 4 is 11.9 Å². The normalized spacial score (nSPS) is 21.5. The first-order chi connectivity index (χ1) is 9.72. The Kier molecular flexibility index (Phi) is 3.57. The number of methoxy groups -OCH3 is 1. The summed E-state index contributed by atoms with van der Waals surface area (Å²) in [6, 6.07) is 1.37. The molecule has 0 unspecified atom stereocenters. The molecule has 1 N–H and O–H groups in total. The van der Waals surface area contributed by atoms with Crippen LogP contribution in [0.2, 0.25) is 0 Å². The van der Waals surface area contributed by atoms with Gasteiger partial charge in [-0.15, -0.1) is 0 Å².